The molecular formula is C18H33N3O4. The van der Waals surface area contributed by atoms with Crippen molar-refractivity contribution < 1.29 is 19.1 Å². The number of hydrogen-bond acceptors (Lipinski definition) is 4. The maximum atomic E-state index is 12.2. The Bertz CT molecular complexity index is 489. The summed E-state index contributed by atoms with van der Waals surface area (Å²) >= 11 is 0. The lowest BCUT2D eigenvalue weighted by Gasteiger charge is -2.25. The van der Waals surface area contributed by atoms with E-state index in [2.05, 4.69) is 11.9 Å². The molecule has 0 radical (unpaired) electrons. The summed E-state index contributed by atoms with van der Waals surface area (Å²) in [5, 5.41) is 2.90. The first-order valence-electron chi connectivity index (χ1n) is 8.60. The first kappa shape index (κ1) is 22.9. The lowest BCUT2D eigenvalue weighted by Crippen LogP contribution is -2.42. The maximum absolute atomic E-state index is 12.2. The molecule has 0 aromatic heterocycles. The van der Waals surface area contributed by atoms with E-state index >= 15 is 0 Å². The van der Waals surface area contributed by atoms with Gasteiger partial charge in [0.2, 0.25) is 5.91 Å². The number of hydrogen-bond donors (Lipinski definition) is 1. The topological polar surface area (TPSA) is 79.0 Å². The van der Waals surface area contributed by atoms with E-state index in [1.807, 2.05) is 20.8 Å². The lowest BCUT2D eigenvalue weighted by molar-refractivity contribution is -0.139. The highest BCUT2D eigenvalue weighted by Gasteiger charge is 2.24. The SMILES string of the molecule is C=C(C)C(=O)OCCN(C)C(=O)N(C)CCCNC(=O)C(C)(C)CC. The van der Waals surface area contributed by atoms with Crippen LogP contribution in [0.2, 0.25) is 0 Å². The molecule has 0 heterocycles. The number of likely N-dealkylation sites (N-methyl/N-ethyl adjacent to an activating group) is 1. The Hall–Kier alpha value is -2.05. The van der Waals surface area contributed by atoms with Crippen LogP contribution >= 0.6 is 0 Å². The first-order valence-corrected chi connectivity index (χ1v) is 8.60. The summed E-state index contributed by atoms with van der Waals surface area (Å²) in [5.74, 6) is -0.430. The molecule has 0 fully saturated rings. The van der Waals surface area contributed by atoms with Crippen molar-refractivity contribution in [3.63, 3.8) is 0 Å². The Morgan fingerprint density at radius 3 is 2.20 bits per heavy atom. The van der Waals surface area contributed by atoms with Gasteiger partial charge in [-0.1, -0.05) is 27.4 Å². The highest BCUT2D eigenvalue weighted by atomic mass is 16.5. The van der Waals surface area contributed by atoms with Gasteiger partial charge in [0.15, 0.2) is 0 Å². The van der Waals surface area contributed by atoms with E-state index in [-0.39, 0.29) is 24.0 Å². The van der Waals surface area contributed by atoms with Gasteiger partial charge in [0.25, 0.3) is 0 Å². The number of amides is 3. The van der Waals surface area contributed by atoms with Crippen LogP contribution in [-0.4, -0.2) is 68.0 Å². The standard InChI is InChI=1S/C18H33N3O4/c1-8-18(4,5)16(23)19-10-9-11-20(6)17(24)21(7)12-13-25-15(22)14(2)3/h2,8-13H2,1,3-7H3,(H,19,23). The Morgan fingerprint density at radius 1 is 1.12 bits per heavy atom. The number of esters is 1. The highest BCUT2D eigenvalue weighted by Crippen LogP contribution is 2.19. The van der Waals surface area contributed by atoms with Gasteiger partial charge in [-0.05, 0) is 19.8 Å². The Balaban J connectivity index is 4.07. The van der Waals surface area contributed by atoms with Gasteiger partial charge in [-0.3, -0.25) is 4.79 Å². The second kappa shape index (κ2) is 10.7. The average molecular weight is 355 g/mol. The number of nitrogens with zero attached hydrogens (tertiary/aromatic N) is 2. The molecule has 7 heteroatoms. The normalized spacial score (nSPS) is 10.8. The molecule has 0 aromatic rings. The Labute approximate surface area is 151 Å². The number of rotatable bonds is 10. The third-order valence-corrected chi connectivity index (χ3v) is 4.12. The van der Waals surface area contributed by atoms with Crippen molar-refractivity contribution in [1.29, 1.82) is 0 Å². The van der Waals surface area contributed by atoms with Crippen LogP contribution in [0.25, 0.3) is 0 Å². The molecule has 25 heavy (non-hydrogen) atoms. The van der Waals surface area contributed by atoms with Crippen LogP contribution in [0.15, 0.2) is 12.2 Å². The summed E-state index contributed by atoms with van der Waals surface area (Å²) < 4.78 is 4.97. The summed E-state index contributed by atoms with van der Waals surface area (Å²) in [5.41, 5.74) is -0.0391. The van der Waals surface area contributed by atoms with Crippen molar-refractivity contribution >= 4 is 17.9 Å². The van der Waals surface area contributed by atoms with Gasteiger partial charge in [0, 0.05) is 38.2 Å². The number of nitrogens with one attached hydrogen (secondary N) is 1. The molecule has 1 N–H and O–H groups in total. The average Bonchev–Trinajstić information content (AvgIpc) is 2.56. The highest BCUT2D eigenvalue weighted by molar-refractivity contribution is 5.86. The van der Waals surface area contributed by atoms with Gasteiger partial charge in [0.1, 0.15) is 6.61 Å². The lowest BCUT2D eigenvalue weighted by atomic mass is 9.89. The van der Waals surface area contributed by atoms with Crippen LogP contribution in [-0.2, 0) is 14.3 Å². The molecule has 0 saturated carbocycles. The van der Waals surface area contributed by atoms with E-state index in [0.29, 0.717) is 31.6 Å². The molecular weight excluding hydrogens is 322 g/mol. The van der Waals surface area contributed by atoms with Crippen molar-refractivity contribution in [2.24, 2.45) is 5.41 Å². The van der Waals surface area contributed by atoms with E-state index in [9.17, 15) is 14.4 Å². The largest absolute Gasteiger partial charge is 0.460 e. The Kier molecular flexibility index (Phi) is 9.86. The fraction of sp³-hybridized carbons (Fsp3) is 0.722. The summed E-state index contributed by atoms with van der Waals surface area (Å²) in [6.45, 7) is 12.4. The van der Waals surface area contributed by atoms with Crippen LogP contribution in [0.4, 0.5) is 4.79 Å². The van der Waals surface area contributed by atoms with Gasteiger partial charge in [-0.2, -0.15) is 0 Å². The molecule has 0 saturated heterocycles. The molecule has 144 valence electrons. The summed E-state index contributed by atoms with van der Waals surface area (Å²) in [4.78, 5) is 38.5. The van der Waals surface area contributed by atoms with Crippen LogP contribution < -0.4 is 5.32 Å². The van der Waals surface area contributed by atoms with E-state index in [0.717, 1.165) is 6.42 Å². The van der Waals surface area contributed by atoms with E-state index in [1.165, 1.54) is 4.90 Å². The zero-order chi connectivity index (χ0) is 19.6. The molecule has 0 aliphatic carbocycles. The first-order chi connectivity index (χ1) is 11.5. The van der Waals surface area contributed by atoms with Crippen molar-refractivity contribution in [3.05, 3.63) is 12.2 Å². The summed E-state index contributed by atoms with van der Waals surface area (Å²) in [6.07, 6.45) is 1.45. The smallest absolute Gasteiger partial charge is 0.333 e. The predicted molar refractivity (Wildman–Crippen MR) is 98.1 cm³/mol. The second-order valence-corrected chi connectivity index (χ2v) is 6.89. The molecule has 3 amide bonds. The molecule has 0 aromatic carbocycles. The van der Waals surface area contributed by atoms with Crippen LogP contribution in [0.5, 0.6) is 0 Å². The van der Waals surface area contributed by atoms with Crippen molar-refractivity contribution in [2.45, 2.75) is 40.5 Å². The molecule has 0 atom stereocenters. The fourth-order valence-corrected chi connectivity index (χ4v) is 1.80. The molecule has 0 rings (SSSR count). The number of ether oxygens (including phenoxy) is 1. The molecule has 0 aliphatic heterocycles. The van der Waals surface area contributed by atoms with Gasteiger partial charge in [-0.15, -0.1) is 0 Å². The second-order valence-electron chi connectivity index (χ2n) is 6.89. The van der Waals surface area contributed by atoms with Crippen molar-refractivity contribution in [2.75, 3.05) is 40.3 Å². The van der Waals surface area contributed by atoms with E-state index in [4.69, 9.17) is 4.74 Å². The minimum absolute atomic E-state index is 0.0282. The van der Waals surface area contributed by atoms with Crippen molar-refractivity contribution in [1.82, 2.24) is 15.1 Å². The van der Waals surface area contributed by atoms with Crippen molar-refractivity contribution in [3.8, 4) is 0 Å². The minimum Gasteiger partial charge on any atom is -0.460 e. The van der Waals surface area contributed by atoms with Crippen LogP contribution in [0.1, 0.15) is 40.5 Å². The molecule has 7 nitrogen and oxygen atoms in total. The number of urea groups is 1. The van der Waals surface area contributed by atoms with E-state index < -0.39 is 5.97 Å². The molecule has 0 bridgehead atoms. The van der Waals surface area contributed by atoms with Gasteiger partial charge < -0.3 is 19.9 Å². The summed E-state index contributed by atoms with van der Waals surface area (Å²) in [6, 6.07) is -0.161. The quantitative estimate of drug-likeness (QED) is 0.369. The van der Waals surface area contributed by atoms with E-state index in [1.54, 1.807) is 25.9 Å². The summed E-state index contributed by atoms with van der Waals surface area (Å²) in [7, 11) is 3.36. The Morgan fingerprint density at radius 2 is 1.68 bits per heavy atom. The van der Waals surface area contributed by atoms with Gasteiger partial charge >= 0.3 is 12.0 Å². The maximum Gasteiger partial charge on any atom is 0.333 e. The van der Waals surface area contributed by atoms with Gasteiger partial charge in [-0.25, -0.2) is 9.59 Å². The molecule has 0 aliphatic rings. The van der Waals surface area contributed by atoms with Crippen LogP contribution in [0, 0.1) is 5.41 Å². The monoisotopic (exact) mass is 355 g/mol. The van der Waals surface area contributed by atoms with Crippen LogP contribution in [0.3, 0.4) is 0 Å². The zero-order valence-electron chi connectivity index (χ0n) is 16.5. The predicted octanol–water partition coefficient (Wildman–Crippen LogP) is 2.03. The number of carbonyl (C=O) groups is 3. The molecule has 0 spiro atoms. The van der Waals surface area contributed by atoms with Gasteiger partial charge in [0.05, 0.1) is 6.54 Å². The molecule has 0 unspecified atom stereocenters. The minimum atomic E-state index is -0.458. The third kappa shape index (κ3) is 8.56. The fourth-order valence-electron chi connectivity index (χ4n) is 1.80. The zero-order valence-corrected chi connectivity index (χ0v) is 16.5. The third-order valence-electron chi connectivity index (χ3n) is 4.12. The number of carbonyl (C=O) groups excluding carboxylic acids is 3.